The first-order chi connectivity index (χ1) is 9.02. The van der Waals surface area contributed by atoms with Crippen LogP contribution in [0.15, 0.2) is 0 Å². The van der Waals surface area contributed by atoms with Crippen molar-refractivity contribution >= 4 is 5.91 Å². The van der Waals surface area contributed by atoms with Gasteiger partial charge in [-0.05, 0) is 31.6 Å². The molecule has 0 radical (unpaired) electrons. The smallest absolute Gasteiger partial charge is 0.226 e. The molecule has 0 heterocycles. The van der Waals surface area contributed by atoms with E-state index in [2.05, 4.69) is 19.2 Å². The van der Waals surface area contributed by atoms with E-state index in [1.165, 1.54) is 38.5 Å². The van der Waals surface area contributed by atoms with Crippen LogP contribution in [0, 0.1) is 11.3 Å². The Morgan fingerprint density at radius 3 is 2.37 bits per heavy atom. The van der Waals surface area contributed by atoms with E-state index in [1.807, 2.05) is 0 Å². The summed E-state index contributed by atoms with van der Waals surface area (Å²) >= 11 is 0. The lowest BCUT2D eigenvalue weighted by molar-refractivity contribution is -0.135. The fourth-order valence-corrected chi connectivity index (χ4v) is 3.89. The molecule has 3 N–H and O–H groups in total. The van der Waals surface area contributed by atoms with E-state index in [4.69, 9.17) is 5.73 Å². The van der Waals surface area contributed by atoms with Crippen LogP contribution in [0.1, 0.15) is 71.6 Å². The maximum Gasteiger partial charge on any atom is 0.226 e. The second-order valence-electron chi connectivity index (χ2n) is 7.08. The molecule has 2 aliphatic rings. The summed E-state index contributed by atoms with van der Waals surface area (Å²) in [6.07, 6.45) is 10.4. The minimum Gasteiger partial charge on any atom is -0.349 e. The molecule has 3 heteroatoms. The molecule has 0 aromatic heterocycles. The minimum atomic E-state index is -0.155. The number of carbonyl (C=O) groups excluding carboxylic acids is 1. The standard InChI is InChI=1S/C16H30N2O/c1-13-8-4-7-11-16(13,12-17)18-14(19)15(2)9-5-3-6-10-15/h13H,3-12,17H2,1-2H3,(H,18,19). The molecule has 0 aromatic carbocycles. The van der Waals surface area contributed by atoms with Gasteiger partial charge in [-0.2, -0.15) is 0 Å². The van der Waals surface area contributed by atoms with E-state index in [-0.39, 0.29) is 16.9 Å². The van der Waals surface area contributed by atoms with Crippen molar-refractivity contribution in [2.75, 3.05) is 6.54 Å². The third-order valence-corrected chi connectivity index (χ3v) is 5.69. The van der Waals surface area contributed by atoms with E-state index < -0.39 is 0 Å². The van der Waals surface area contributed by atoms with Crippen molar-refractivity contribution in [1.82, 2.24) is 5.32 Å². The van der Waals surface area contributed by atoms with E-state index in [1.54, 1.807) is 0 Å². The van der Waals surface area contributed by atoms with E-state index in [9.17, 15) is 4.79 Å². The summed E-state index contributed by atoms with van der Waals surface area (Å²) in [6, 6.07) is 0. The van der Waals surface area contributed by atoms with Crippen LogP contribution in [0.5, 0.6) is 0 Å². The second-order valence-corrected chi connectivity index (χ2v) is 7.08. The van der Waals surface area contributed by atoms with Crippen LogP contribution in [-0.4, -0.2) is 18.0 Å². The lowest BCUT2D eigenvalue weighted by atomic mass is 9.71. The van der Waals surface area contributed by atoms with E-state index in [0.29, 0.717) is 12.5 Å². The molecule has 0 aromatic rings. The van der Waals surface area contributed by atoms with Gasteiger partial charge in [-0.1, -0.05) is 46.0 Å². The summed E-state index contributed by atoms with van der Waals surface area (Å²) in [5, 5.41) is 3.38. The summed E-state index contributed by atoms with van der Waals surface area (Å²) in [4.78, 5) is 12.7. The molecule has 2 saturated carbocycles. The monoisotopic (exact) mass is 266 g/mol. The van der Waals surface area contributed by atoms with Crippen LogP contribution in [-0.2, 0) is 4.79 Å². The SMILES string of the molecule is CC1CCCCC1(CN)NC(=O)C1(C)CCCCC1. The maximum atomic E-state index is 12.7. The molecule has 0 spiro atoms. The molecule has 2 aliphatic carbocycles. The molecule has 0 bridgehead atoms. The Morgan fingerprint density at radius 2 is 1.79 bits per heavy atom. The Morgan fingerprint density at radius 1 is 1.16 bits per heavy atom. The van der Waals surface area contributed by atoms with Gasteiger partial charge in [0.15, 0.2) is 0 Å². The Balaban J connectivity index is 2.06. The maximum absolute atomic E-state index is 12.7. The first-order valence-electron chi connectivity index (χ1n) is 8.05. The zero-order valence-electron chi connectivity index (χ0n) is 12.6. The molecule has 110 valence electrons. The lowest BCUT2D eigenvalue weighted by Gasteiger charge is -2.45. The summed E-state index contributed by atoms with van der Waals surface area (Å²) in [5.41, 5.74) is 5.74. The van der Waals surface area contributed by atoms with Crippen molar-refractivity contribution < 1.29 is 4.79 Å². The Labute approximate surface area is 117 Å². The number of rotatable bonds is 3. The van der Waals surface area contributed by atoms with E-state index >= 15 is 0 Å². The fraction of sp³-hybridized carbons (Fsp3) is 0.938. The minimum absolute atomic E-state index is 0.143. The summed E-state index contributed by atoms with van der Waals surface area (Å²) in [5.74, 6) is 0.758. The van der Waals surface area contributed by atoms with Crippen molar-refractivity contribution in [3.05, 3.63) is 0 Å². The van der Waals surface area contributed by atoms with Crippen molar-refractivity contribution in [2.24, 2.45) is 17.1 Å². The van der Waals surface area contributed by atoms with Gasteiger partial charge in [0, 0.05) is 12.0 Å². The van der Waals surface area contributed by atoms with Gasteiger partial charge in [-0.25, -0.2) is 0 Å². The van der Waals surface area contributed by atoms with Crippen LogP contribution >= 0.6 is 0 Å². The molecule has 0 saturated heterocycles. The largest absolute Gasteiger partial charge is 0.349 e. The highest BCUT2D eigenvalue weighted by Gasteiger charge is 2.43. The average Bonchev–Trinajstić information content (AvgIpc) is 2.42. The first kappa shape index (κ1) is 14.8. The molecular weight excluding hydrogens is 236 g/mol. The Kier molecular flexibility index (Phi) is 4.54. The van der Waals surface area contributed by atoms with Gasteiger partial charge in [0.1, 0.15) is 0 Å². The van der Waals surface area contributed by atoms with Gasteiger partial charge >= 0.3 is 0 Å². The van der Waals surface area contributed by atoms with Crippen molar-refractivity contribution in [3.63, 3.8) is 0 Å². The lowest BCUT2D eigenvalue weighted by Crippen LogP contribution is -2.61. The quantitative estimate of drug-likeness (QED) is 0.825. The molecule has 2 atom stereocenters. The fourth-order valence-electron chi connectivity index (χ4n) is 3.89. The zero-order chi connectivity index (χ0) is 13.9. The normalized spacial score (nSPS) is 34.8. The highest BCUT2D eigenvalue weighted by molar-refractivity contribution is 5.83. The number of hydrogen-bond acceptors (Lipinski definition) is 2. The van der Waals surface area contributed by atoms with Gasteiger partial charge in [-0.15, -0.1) is 0 Å². The molecule has 0 aliphatic heterocycles. The first-order valence-corrected chi connectivity index (χ1v) is 8.05. The highest BCUT2D eigenvalue weighted by atomic mass is 16.2. The van der Waals surface area contributed by atoms with Gasteiger partial charge in [0.05, 0.1) is 5.54 Å². The second kappa shape index (κ2) is 5.82. The summed E-state index contributed by atoms with van der Waals surface area (Å²) in [7, 11) is 0. The number of carbonyl (C=O) groups is 1. The molecule has 2 unspecified atom stereocenters. The molecule has 2 fully saturated rings. The predicted molar refractivity (Wildman–Crippen MR) is 78.8 cm³/mol. The van der Waals surface area contributed by atoms with Gasteiger partial charge in [0.25, 0.3) is 0 Å². The van der Waals surface area contributed by atoms with Crippen molar-refractivity contribution in [3.8, 4) is 0 Å². The predicted octanol–water partition coefficient (Wildman–Crippen LogP) is 2.98. The average molecular weight is 266 g/mol. The van der Waals surface area contributed by atoms with Gasteiger partial charge < -0.3 is 11.1 Å². The van der Waals surface area contributed by atoms with Crippen LogP contribution in [0.2, 0.25) is 0 Å². The number of amides is 1. The van der Waals surface area contributed by atoms with Crippen LogP contribution < -0.4 is 11.1 Å². The van der Waals surface area contributed by atoms with Crippen LogP contribution in [0.25, 0.3) is 0 Å². The third kappa shape index (κ3) is 2.96. The van der Waals surface area contributed by atoms with Gasteiger partial charge in [-0.3, -0.25) is 4.79 Å². The van der Waals surface area contributed by atoms with Crippen molar-refractivity contribution in [1.29, 1.82) is 0 Å². The Bertz CT molecular complexity index is 323. The highest BCUT2D eigenvalue weighted by Crippen LogP contribution is 2.38. The summed E-state index contributed by atoms with van der Waals surface area (Å²) < 4.78 is 0. The van der Waals surface area contributed by atoms with Crippen LogP contribution in [0.3, 0.4) is 0 Å². The van der Waals surface area contributed by atoms with Gasteiger partial charge in [0.2, 0.25) is 5.91 Å². The van der Waals surface area contributed by atoms with E-state index in [0.717, 1.165) is 19.3 Å². The van der Waals surface area contributed by atoms with Crippen molar-refractivity contribution in [2.45, 2.75) is 77.2 Å². The molecular formula is C16H30N2O. The molecule has 3 nitrogen and oxygen atoms in total. The number of hydrogen-bond donors (Lipinski definition) is 2. The number of nitrogens with two attached hydrogens (primary N) is 1. The third-order valence-electron chi connectivity index (χ3n) is 5.69. The molecule has 1 amide bonds. The summed E-state index contributed by atoms with van der Waals surface area (Å²) in [6.45, 7) is 4.96. The topological polar surface area (TPSA) is 55.1 Å². The molecule has 2 rings (SSSR count). The zero-order valence-corrected chi connectivity index (χ0v) is 12.6. The molecule has 19 heavy (non-hydrogen) atoms. The Hall–Kier alpha value is -0.570. The van der Waals surface area contributed by atoms with Crippen LogP contribution in [0.4, 0.5) is 0 Å². The number of nitrogens with one attached hydrogen (secondary N) is 1.